The van der Waals surface area contributed by atoms with E-state index in [1.54, 1.807) is 18.2 Å². The molecule has 1 saturated carbocycles. The largest absolute Gasteiger partial charge is 0.507 e. The fourth-order valence-corrected chi connectivity index (χ4v) is 11.9. The van der Waals surface area contributed by atoms with Crippen LogP contribution in [0.3, 0.4) is 0 Å². The maximum Gasteiger partial charge on any atom is 0.254 e. The first-order valence-electron chi connectivity index (χ1n) is 27.2. The number of nitrogens with one attached hydrogen (secondary N) is 1. The van der Waals surface area contributed by atoms with Crippen LogP contribution < -0.4 is 30.3 Å². The average molecular weight is 1050 g/mol. The van der Waals surface area contributed by atoms with Gasteiger partial charge >= 0.3 is 0 Å². The number of rotatable bonds is 18. The smallest absolute Gasteiger partial charge is 0.254 e. The fraction of sp³-hybridized carbons (Fsp3) is 0.491. The molecule has 6 aromatic rings. The second-order valence-electron chi connectivity index (χ2n) is 21.7. The summed E-state index contributed by atoms with van der Waals surface area (Å²) < 4.78 is 30.3. The number of phenols is 1. The van der Waals surface area contributed by atoms with Crippen LogP contribution in [-0.2, 0) is 14.3 Å². The van der Waals surface area contributed by atoms with Crippen molar-refractivity contribution in [2.45, 2.75) is 127 Å². The van der Waals surface area contributed by atoms with Gasteiger partial charge in [-0.05, 0) is 80.4 Å². The number of carbonyl (C=O) groups excluding carboxylic acids is 2. The van der Waals surface area contributed by atoms with E-state index in [-0.39, 0.29) is 72.9 Å². The van der Waals surface area contributed by atoms with E-state index < -0.39 is 18.1 Å². The molecule has 2 bridgehead atoms. The van der Waals surface area contributed by atoms with Gasteiger partial charge in [-0.15, -0.1) is 10.2 Å². The van der Waals surface area contributed by atoms with Gasteiger partial charge in [-0.3, -0.25) is 14.5 Å². The number of oxazole rings is 1. The number of nitrogen functional groups attached to an aromatic ring is 1. The number of piperazine rings is 1. The lowest BCUT2D eigenvalue weighted by Gasteiger charge is -2.43. The lowest BCUT2D eigenvalue weighted by Crippen LogP contribution is -2.54. The summed E-state index contributed by atoms with van der Waals surface area (Å²) in [6.07, 6.45) is 8.59. The maximum absolute atomic E-state index is 14.2. The molecule has 5 aliphatic rings. The van der Waals surface area contributed by atoms with Gasteiger partial charge in [0.25, 0.3) is 5.88 Å². The highest BCUT2D eigenvalue weighted by Crippen LogP contribution is 2.41. The predicted molar refractivity (Wildman–Crippen MR) is 286 cm³/mol. The van der Waals surface area contributed by atoms with E-state index in [4.69, 9.17) is 28.9 Å². The van der Waals surface area contributed by atoms with E-state index in [1.165, 1.54) is 11.3 Å². The number of β-amino-alcohol motifs (C(OH)–C–C–N with tert-alkyl or cyclic N) is 1. The topological polar surface area (TPSA) is 244 Å². The van der Waals surface area contributed by atoms with Gasteiger partial charge in [0.1, 0.15) is 30.4 Å². The molecule has 20 nitrogen and oxygen atoms in total. The number of fused-ring (bicyclic) bond motifs is 2. The number of pyridine rings is 1. The maximum atomic E-state index is 14.2. The highest BCUT2D eigenvalue weighted by Gasteiger charge is 2.45. The molecule has 2 unspecified atom stereocenters. The first-order chi connectivity index (χ1) is 37.3. The van der Waals surface area contributed by atoms with Gasteiger partial charge in [0.15, 0.2) is 23.7 Å². The molecule has 406 valence electrons. The summed E-state index contributed by atoms with van der Waals surface area (Å²) in [5, 5.41) is 36.9. The Bertz CT molecular complexity index is 3000. The predicted octanol–water partition coefficient (Wildman–Crippen LogP) is 6.68. The SMILES string of the molecule is Cc1ncoc1-c1ccc([C@H](C)NC(=O)[C@@H]2C[C@@H](O)CN2C(=O)[C@H](c2cc(OCCN3CCC(O[C@H]4C[C@H](Oc5cc(N6C7CCC6CN(c6cc(-c8ccccc8O)nnc6N)C7)ccn5)C4)CC3)no2)C(C)C)cc1. The molecule has 0 spiro atoms. The minimum absolute atomic E-state index is 0.0413. The van der Waals surface area contributed by atoms with Gasteiger partial charge in [0.05, 0.1) is 41.4 Å². The van der Waals surface area contributed by atoms with E-state index in [0.717, 1.165) is 92.9 Å². The summed E-state index contributed by atoms with van der Waals surface area (Å²) in [6.45, 7) is 12.1. The van der Waals surface area contributed by atoms with Crippen LogP contribution >= 0.6 is 0 Å². The standard InChI is InChI=1S/C57H69N11O9/c1-33(2)53(57(72)67-31-41(69)24-48(67)56(71)61-34(3)36-9-11-37(12-10-36)54-35(4)60-32-74-54)50-28-52(64-77-50)73-22-21-65-19-16-42(17-20-65)75-43-25-44(26-43)76-51-23-38(15-18-59-51)68-39-13-14-40(68)30-66(29-39)47-27-46(62-63-55(47)58)45-7-5-6-8-49(45)70/h5-12,15,18,23,27-28,32-34,39-44,48,53,69-70H,13-14,16-17,19-22,24-26,29-31H2,1-4H3,(H2,58,63)(H,61,71)/t34-,39?,40?,41+,43-,44-,48-,53-/m0/s1. The van der Waals surface area contributed by atoms with Gasteiger partial charge in [-0.1, -0.05) is 50.2 Å². The molecule has 2 aromatic carbocycles. The zero-order chi connectivity index (χ0) is 53.3. The van der Waals surface area contributed by atoms with Crippen LogP contribution in [0.4, 0.5) is 17.2 Å². The number of nitrogens with zero attached hydrogens (tertiary/aromatic N) is 9. The summed E-state index contributed by atoms with van der Waals surface area (Å²) in [6, 6.07) is 22.0. The van der Waals surface area contributed by atoms with E-state index >= 15 is 0 Å². The number of amides is 2. The van der Waals surface area contributed by atoms with Crippen LogP contribution in [0.1, 0.15) is 94.7 Å². The number of carbonyl (C=O) groups is 2. The Morgan fingerprint density at radius 2 is 1.64 bits per heavy atom. The number of para-hydroxylation sites is 1. The van der Waals surface area contributed by atoms with Crippen molar-refractivity contribution in [3.8, 4) is 40.1 Å². The molecule has 0 radical (unpaired) electrons. The van der Waals surface area contributed by atoms with Gasteiger partial charge < -0.3 is 59.1 Å². The van der Waals surface area contributed by atoms with Crippen LogP contribution in [-0.4, -0.2) is 146 Å². The summed E-state index contributed by atoms with van der Waals surface area (Å²) in [4.78, 5) is 45.4. The molecule has 4 aliphatic heterocycles. The van der Waals surface area contributed by atoms with E-state index in [2.05, 4.69) is 57.5 Å². The number of phenolic OH excluding ortho intramolecular Hbond substituents is 1. The zero-order valence-corrected chi connectivity index (χ0v) is 44.1. The van der Waals surface area contributed by atoms with Crippen LogP contribution in [0.2, 0.25) is 0 Å². The van der Waals surface area contributed by atoms with Crippen molar-refractivity contribution < 1.29 is 43.0 Å². The minimum Gasteiger partial charge on any atom is -0.507 e. The molecule has 20 heteroatoms. The molecule has 1 aliphatic carbocycles. The molecule has 4 saturated heterocycles. The van der Waals surface area contributed by atoms with Gasteiger partial charge in [0.2, 0.25) is 17.7 Å². The molecule has 77 heavy (non-hydrogen) atoms. The number of nitrogens with two attached hydrogens (primary N) is 1. The quantitative estimate of drug-likeness (QED) is 0.0701. The molecule has 8 heterocycles. The summed E-state index contributed by atoms with van der Waals surface area (Å²) >= 11 is 0. The molecule has 2 amide bonds. The number of aryl methyl sites for hydroxylation is 1. The molecule has 5 N–H and O–H groups in total. The average Bonchev–Trinajstić information content (AvgIpc) is 4.22. The summed E-state index contributed by atoms with van der Waals surface area (Å²) in [5.74, 6) is 0.963. The van der Waals surface area contributed by atoms with Crippen LogP contribution in [0.5, 0.6) is 17.5 Å². The Labute approximate surface area is 447 Å². The second-order valence-corrected chi connectivity index (χ2v) is 21.7. The second kappa shape index (κ2) is 22.4. The molecule has 4 aromatic heterocycles. The van der Waals surface area contributed by atoms with Crippen molar-refractivity contribution in [2.75, 3.05) is 61.4 Å². The molecular weight excluding hydrogens is 983 g/mol. The normalized spacial score (nSPS) is 23.5. The Hall–Kier alpha value is -7.29. The fourth-order valence-electron chi connectivity index (χ4n) is 11.9. The summed E-state index contributed by atoms with van der Waals surface area (Å²) in [5.41, 5.74) is 12.1. The number of aliphatic hydroxyl groups excluding tert-OH is 1. The van der Waals surface area contributed by atoms with E-state index in [9.17, 15) is 19.8 Å². The molecule has 5 fully saturated rings. The Morgan fingerprint density at radius 3 is 2.36 bits per heavy atom. The molecule has 6 atom stereocenters. The van der Waals surface area contributed by atoms with E-state index in [1.807, 2.05) is 76.4 Å². The van der Waals surface area contributed by atoms with Crippen molar-refractivity contribution in [2.24, 2.45) is 5.92 Å². The highest BCUT2D eigenvalue weighted by molar-refractivity contribution is 5.91. The molecule has 11 rings (SSSR count). The number of ether oxygens (including phenoxy) is 3. The van der Waals surface area contributed by atoms with Crippen molar-refractivity contribution in [1.29, 1.82) is 0 Å². The first-order valence-corrected chi connectivity index (χ1v) is 27.2. The van der Waals surface area contributed by atoms with E-state index in [0.29, 0.717) is 53.5 Å². The van der Waals surface area contributed by atoms with Crippen LogP contribution in [0.15, 0.2) is 94.3 Å². The minimum atomic E-state index is -0.846. The van der Waals surface area contributed by atoms with Crippen LogP contribution in [0, 0.1) is 12.8 Å². The van der Waals surface area contributed by atoms with Crippen molar-refractivity contribution >= 4 is 29.0 Å². The number of hydrogen-bond donors (Lipinski definition) is 4. The summed E-state index contributed by atoms with van der Waals surface area (Å²) in [7, 11) is 0. The number of aliphatic hydroxyl groups is 1. The number of likely N-dealkylation sites (tertiary alicyclic amines) is 2. The van der Waals surface area contributed by atoms with Crippen molar-refractivity contribution in [1.82, 2.24) is 40.4 Å². The van der Waals surface area contributed by atoms with Gasteiger partial charge in [-0.25, -0.2) is 9.97 Å². The Balaban J connectivity index is 0.601. The number of benzene rings is 2. The number of anilines is 3. The first kappa shape index (κ1) is 51.8. The highest BCUT2D eigenvalue weighted by atomic mass is 16.5. The van der Waals surface area contributed by atoms with Gasteiger partial charge in [-0.2, -0.15) is 0 Å². The lowest BCUT2D eigenvalue weighted by atomic mass is 9.91. The monoisotopic (exact) mass is 1050 g/mol. The third-order valence-electron chi connectivity index (χ3n) is 16.1. The Kier molecular flexibility index (Phi) is 15.0. The third kappa shape index (κ3) is 11.3. The van der Waals surface area contributed by atoms with Crippen molar-refractivity contribution in [3.63, 3.8) is 0 Å². The number of piperidine rings is 1. The third-order valence-corrected chi connectivity index (χ3v) is 16.1. The lowest BCUT2D eigenvalue weighted by molar-refractivity contribution is -0.141. The molecular formula is C57H69N11O9. The zero-order valence-electron chi connectivity index (χ0n) is 44.1. The number of aromatic nitrogens is 5. The van der Waals surface area contributed by atoms with Gasteiger partial charge in [0, 0.05) is 106 Å². The van der Waals surface area contributed by atoms with Crippen molar-refractivity contribution in [3.05, 3.63) is 102 Å². The Morgan fingerprint density at radius 1 is 0.870 bits per heavy atom. The number of aromatic hydroxyl groups is 1. The van der Waals surface area contributed by atoms with Crippen LogP contribution in [0.25, 0.3) is 22.6 Å². The number of hydrogen-bond acceptors (Lipinski definition) is 18.